The Hall–Kier alpha value is -2.63. The van der Waals surface area contributed by atoms with Gasteiger partial charge >= 0.3 is 0 Å². The van der Waals surface area contributed by atoms with E-state index in [1.807, 2.05) is 46.1 Å². The van der Waals surface area contributed by atoms with E-state index in [0.29, 0.717) is 31.8 Å². The fourth-order valence-corrected chi connectivity index (χ4v) is 4.61. The zero-order valence-electron chi connectivity index (χ0n) is 16.9. The van der Waals surface area contributed by atoms with Crippen LogP contribution < -0.4 is 5.32 Å². The van der Waals surface area contributed by atoms with Crippen molar-refractivity contribution in [2.75, 3.05) is 13.1 Å². The van der Waals surface area contributed by atoms with Gasteiger partial charge in [-0.25, -0.2) is 4.68 Å². The first-order chi connectivity index (χ1) is 14.2. The van der Waals surface area contributed by atoms with Gasteiger partial charge in [0, 0.05) is 38.4 Å². The molecule has 1 aromatic heterocycles. The zero-order valence-corrected chi connectivity index (χ0v) is 16.9. The van der Waals surface area contributed by atoms with Crippen molar-refractivity contribution in [2.45, 2.75) is 51.5 Å². The maximum absolute atomic E-state index is 12.8. The normalized spacial score (nSPS) is 20.6. The summed E-state index contributed by atoms with van der Waals surface area (Å²) in [4.78, 5) is 27.2. The van der Waals surface area contributed by atoms with Gasteiger partial charge in [0.25, 0.3) is 0 Å². The Kier molecular flexibility index (Phi) is 6.27. The Labute approximate surface area is 172 Å². The summed E-state index contributed by atoms with van der Waals surface area (Å²) in [6, 6.07) is 9.84. The molecule has 2 heterocycles. The lowest BCUT2D eigenvalue weighted by molar-refractivity contribution is -0.139. The van der Waals surface area contributed by atoms with E-state index in [0.717, 1.165) is 17.8 Å². The summed E-state index contributed by atoms with van der Waals surface area (Å²) >= 11 is 0. The second kappa shape index (κ2) is 9.25. The maximum Gasteiger partial charge on any atom is 0.225 e. The van der Waals surface area contributed by atoms with Crippen LogP contribution in [0.15, 0.2) is 42.7 Å². The highest BCUT2D eigenvalue weighted by Crippen LogP contribution is 2.27. The van der Waals surface area contributed by atoms with E-state index in [2.05, 4.69) is 10.4 Å². The zero-order chi connectivity index (χ0) is 20.1. The standard InChI is InChI=1S/C23H30N4O2/c28-22-12-11-20(17-26(22)16-18-7-2-1-3-8-18)23(29)24-15-19-9-4-5-10-21(19)27-14-6-13-25-27/h4-6,9-10,13-14,18,20H,1-3,7-8,11-12,15-17H2,(H,24,29)/t20-/m0/s1. The molecule has 2 aromatic rings. The monoisotopic (exact) mass is 394 g/mol. The van der Waals surface area contributed by atoms with E-state index < -0.39 is 0 Å². The highest BCUT2D eigenvalue weighted by molar-refractivity contribution is 5.83. The fourth-order valence-electron chi connectivity index (χ4n) is 4.61. The fraction of sp³-hybridized carbons (Fsp3) is 0.522. The van der Waals surface area contributed by atoms with Gasteiger partial charge in [0.1, 0.15) is 0 Å². The third kappa shape index (κ3) is 4.86. The third-order valence-electron chi connectivity index (χ3n) is 6.27. The number of hydrogen-bond donors (Lipinski definition) is 1. The van der Waals surface area contributed by atoms with Gasteiger partial charge in [-0.1, -0.05) is 37.5 Å². The Balaban J connectivity index is 1.34. The minimum atomic E-state index is -0.117. The van der Waals surface area contributed by atoms with E-state index in [4.69, 9.17) is 0 Å². The summed E-state index contributed by atoms with van der Waals surface area (Å²) in [6.45, 7) is 1.84. The van der Waals surface area contributed by atoms with Crippen molar-refractivity contribution in [1.29, 1.82) is 0 Å². The van der Waals surface area contributed by atoms with Crippen molar-refractivity contribution in [3.8, 4) is 5.69 Å². The molecule has 0 unspecified atom stereocenters. The second-order valence-corrected chi connectivity index (χ2v) is 8.34. The number of hydrogen-bond acceptors (Lipinski definition) is 3. The first kappa shape index (κ1) is 19.7. The number of rotatable bonds is 6. The third-order valence-corrected chi connectivity index (χ3v) is 6.27. The van der Waals surface area contributed by atoms with Crippen molar-refractivity contribution < 1.29 is 9.59 Å². The average molecular weight is 395 g/mol. The summed E-state index contributed by atoms with van der Waals surface area (Å²) in [7, 11) is 0. The lowest BCUT2D eigenvalue weighted by Gasteiger charge is -2.35. The van der Waals surface area contributed by atoms with Crippen LogP contribution in [0.1, 0.15) is 50.5 Å². The van der Waals surface area contributed by atoms with Gasteiger partial charge < -0.3 is 10.2 Å². The minimum absolute atomic E-state index is 0.0430. The number of amides is 2. The summed E-state index contributed by atoms with van der Waals surface area (Å²) in [5, 5.41) is 7.39. The van der Waals surface area contributed by atoms with Crippen molar-refractivity contribution in [3.63, 3.8) is 0 Å². The van der Waals surface area contributed by atoms with Gasteiger partial charge in [0.15, 0.2) is 0 Å². The quantitative estimate of drug-likeness (QED) is 0.817. The molecular weight excluding hydrogens is 364 g/mol. The first-order valence-electron chi connectivity index (χ1n) is 10.8. The van der Waals surface area contributed by atoms with E-state index in [1.165, 1.54) is 32.1 Å². The molecule has 1 saturated carbocycles. The molecule has 0 bridgehead atoms. The topological polar surface area (TPSA) is 67.2 Å². The van der Waals surface area contributed by atoms with E-state index >= 15 is 0 Å². The van der Waals surface area contributed by atoms with Crippen LogP contribution in [0.3, 0.4) is 0 Å². The van der Waals surface area contributed by atoms with Crippen molar-refractivity contribution in [1.82, 2.24) is 20.0 Å². The van der Waals surface area contributed by atoms with Gasteiger partial charge in [0.05, 0.1) is 11.6 Å². The van der Waals surface area contributed by atoms with E-state index in [1.54, 1.807) is 6.20 Å². The second-order valence-electron chi connectivity index (χ2n) is 8.34. The molecule has 0 radical (unpaired) electrons. The number of para-hydroxylation sites is 1. The van der Waals surface area contributed by atoms with Crippen LogP contribution in [-0.4, -0.2) is 39.6 Å². The van der Waals surface area contributed by atoms with Crippen LogP contribution >= 0.6 is 0 Å². The molecule has 1 aliphatic heterocycles. The van der Waals surface area contributed by atoms with Crippen molar-refractivity contribution in [2.24, 2.45) is 11.8 Å². The molecule has 0 spiro atoms. The molecular formula is C23H30N4O2. The van der Waals surface area contributed by atoms with Gasteiger partial charge in [-0.3, -0.25) is 9.59 Å². The number of nitrogens with one attached hydrogen (secondary N) is 1. The van der Waals surface area contributed by atoms with Crippen LogP contribution in [0.4, 0.5) is 0 Å². The number of carbonyl (C=O) groups excluding carboxylic acids is 2. The molecule has 6 heteroatoms. The van der Waals surface area contributed by atoms with Crippen LogP contribution in [0, 0.1) is 11.8 Å². The van der Waals surface area contributed by atoms with Crippen LogP contribution in [0.2, 0.25) is 0 Å². The summed E-state index contributed by atoms with van der Waals surface area (Å²) < 4.78 is 1.81. The number of aromatic nitrogens is 2. The Morgan fingerprint density at radius 1 is 1.10 bits per heavy atom. The number of likely N-dealkylation sites (tertiary alicyclic amines) is 1. The molecule has 154 valence electrons. The van der Waals surface area contributed by atoms with Crippen LogP contribution in [-0.2, 0) is 16.1 Å². The van der Waals surface area contributed by atoms with E-state index in [-0.39, 0.29) is 17.7 Å². The molecule has 1 saturated heterocycles. The Morgan fingerprint density at radius 3 is 2.72 bits per heavy atom. The smallest absolute Gasteiger partial charge is 0.225 e. The summed E-state index contributed by atoms with van der Waals surface area (Å²) in [6.07, 6.45) is 11.1. The molecule has 4 rings (SSSR count). The van der Waals surface area contributed by atoms with Crippen molar-refractivity contribution >= 4 is 11.8 Å². The largest absolute Gasteiger partial charge is 0.352 e. The number of benzene rings is 1. The molecule has 1 atom stereocenters. The molecule has 29 heavy (non-hydrogen) atoms. The highest BCUT2D eigenvalue weighted by atomic mass is 16.2. The first-order valence-corrected chi connectivity index (χ1v) is 10.8. The van der Waals surface area contributed by atoms with Gasteiger partial charge in [0.2, 0.25) is 11.8 Å². The van der Waals surface area contributed by atoms with Crippen LogP contribution in [0.5, 0.6) is 0 Å². The lowest BCUT2D eigenvalue weighted by Crippen LogP contribution is -2.47. The summed E-state index contributed by atoms with van der Waals surface area (Å²) in [5.74, 6) is 0.744. The van der Waals surface area contributed by atoms with Gasteiger partial charge in [-0.2, -0.15) is 5.10 Å². The number of nitrogens with zero attached hydrogens (tertiary/aromatic N) is 3. The molecule has 1 aliphatic carbocycles. The average Bonchev–Trinajstić information content (AvgIpc) is 3.29. The Bertz CT molecular complexity index is 827. The van der Waals surface area contributed by atoms with Gasteiger partial charge in [-0.05, 0) is 42.9 Å². The Morgan fingerprint density at radius 2 is 1.93 bits per heavy atom. The maximum atomic E-state index is 12.8. The molecule has 1 N–H and O–H groups in total. The van der Waals surface area contributed by atoms with Gasteiger partial charge in [-0.15, -0.1) is 0 Å². The predicted octanol–water partition coefficient (Wildman–Crippen LogP) is 3.31. The molecule has 6 nitrogen and oxygen atoms in total. The van der Waals surface area contributed by atoms with Crippen molar-refractivity contribution in [3.05, 3.63) is 48.3 Å². The highest BCUT2D eigenvalue weighted by Gasteiger charge is 2.31. The SMILES string of the molecule is O=C(NCc1ccccc1-n1cccn1)[C@H]1CCC(=O)N(CC2CCCCC2)C1. The molecule has 2 aliphatic rings. The number of carbonyl (C=O) groups is 2. The number of piperidine rings is 1. The van der Waals surface area contributed by atoms with Crippen LogP contribution in [0.25, 0.3) is 5.69 Å². The predicted molar refractivity (Wildman–Crippen MR) is 111 cm³/mol. The van der Waals surface area contributed by atoms with E-state index in [9.17, 15) is 9.59 Å². The summed E-state index contributed by atoms with van der Waals surface area (Å²) in [5.41, 5.74) is 1.99. The lowest BCUT2D eigenvalue weighted by atomic mass is 9.87. The molecule has 1 aromatic carbocycles. The molecule has 2 amide bonds. The molecule has 2 fully saturated rings. The minimum Gasteiger partial charge on any atom is -0.352 e.